The lowest BCUT2D eigenvalue weighted by atomic mass is 10.4. The molecule has 0 saturated heterocycles. The summed E-state index contributed by atoms with van der Waals surface area (Å²) in [6.07, 6.45) is 1.72. The predicted molar refractivity (Wildman–Crippen MR) is 52.0 cm³/mol. The van der Waals surface area contributed by atoms with Crippen molar-refractivity contribution < 1.29 is 23.1 Å². The Hall–Kier alpha value is -1.11. The lowest BCUT2D eigenvalue weighted by molar-refractivity contribution is -0.134. The molecule has 15 heavy (non-hydrogen) atoms. The van der Waals surface area contributed by atoms with Crippen molar-refractivity contribution in [2.24, 2.45) is 0 Å². The van der Waals surface area contributed by atoms with Gasteiger partial charge in [0, 0.05) is 6.04 Å². The number of amides is 1. The molecule has 1 amide bonds. The molecule has 2 N–H and O–H groups in total. The van der Waals surface area contributed by atoms with E-state index in [9.17, 15) is 18.0 Å². The topological polar surface area (TPSA) is 101 Å². The minimum Gasteiger partial charge on any atom is -0.480 e. The van der Waals surface area contributed by atoms with E-state index in [1.54, 1.807) is 0 Å². The number of nitrogens with one attached hydrogen (secondary N) is 1. The number of carboxylic acid groups (broad SMARTS) is 1. The molecule has 0 radical (unpaired) electrons. The van der Waals surface area contributed by atoms with Gasteiger partial charge in [-0.25, -0.2) is 8.42 Å². The van der Waals surface area contributed by atoms with E-state index < -0.39 is 32.7 Å². The molecule has 1 aliphatic rings. The number of sulfone groups is 1. The van der Waals surface area contributed by atoms with Gasteiger partial charge in [-0.1, -0.05) is 0 Å². The van der Waals surface area contributed by atoms with Gasteiger partial charge in [-0.3, -0.25) is 9.59 Å². The molecule has 0 aliphatic heterocycles. The number of carboxylic acids is 1. The minimum atomic E-state index is -3.89. The molecule has 0 aromatic heterocycles. The summed E-state index contributed by atoms with van der Waals surface area (Å²) in [5.74, 6) is -3.06. The van der Waals surface area contributed by atoms with E-state index in [4.69, 9.17) is 5.11 Å². The number of carbonyl (C=O) groups excluding carboxylic acids is 1. The molecule has 1 unspecified atom stereocenters. The molecule has 1 fully saturated rings. The van der Waals surface area contributed by atoms with E-state index >= 15 is 0 Å². The van der Waals surface area contributed by atoms with Gasteiger partial charge in [-0.15, -0.1) is 0 Å². The zero-order chi connectivity index (χ0) is 11.6. The van der Waals surface area contributed by atoms with Crippen LogP contribution in [0.2, 0.25) is 0 Å². The quantitative estimate of drug-likeness (QED) is 0.646. The monoisotopic (exact) mass is 235 g/mol. The van der Waals surface area contributed by atoms with Crippen molar-refractivity contribution in [2.45, 2.75) is 31.1 Å². The Morgan fingerprint density at radius 3 is 2.40 bits per heavy atom. The Labute approximate surface area is 87.6 Å². The molecule has 1 saturated carbocycles. The van der Waals surface area contributed by atoms with Crippen molar-refractivity contribution >= 4 is 21.7 Å². The number of carbonyl (C=O) groups is 2. The largest absolute Gasteiger partial charge is 0.480 e. The smallest absolute Gasteiger partial charge is 0.318 e. The highest BCUT2D eigenvalue weighted by molar-refractivity contribution is 7.93. The molecule has 0 spiro atoms. The third-order valence-electron chi connectivity index (χ3n) is 2.16. The standard InChI is InChI=1S/C8H13NO5S/c1-5(8(12)9-6-2-3-6)15(13,14)4-7(10)11/h5-6H,2-4H2,1H3,(H,9,12)(H,10,11). The molecule has 86 valence electrons. The second-order valence-electron chi connectivity index (χ2n) is 3.63. The van der Waals surface area contributed by atoms with Gasteiger partial charge in [0.2, 0.25) is 5.91 Å². The van der Waals surface area contributed by atoms with E-state index in [-0.39, 0.29) is 6.04 Å². The van der Waals surface area contributed by atoms with E-state index in [1.807, 2.05) is 0 Å². The molecule has 1 aliphatic carbocycles. The van der Waals surface area contributed by atoms with Crippen LogP contribution in [0, 0.1) is 0 Å². The first-order chi connectivity index (χ1) is 6.83. The minimum absolute atomic E-state index is 0.0694. The molecular formula is C8H13NO5S. The van der Waals surface area contributed by atoms with Crippen molar-refractivity contribution in [3.63, 3.8) is 0 Å². The van der Waals surface area contributed by atoms with Crippen LogP contribution in [-0.2, 0) is 19.4 Å². The van der Waals surface area contributed by atoms with Crippen LogP contribution in [-0.4, -0.2) is 42.4 Å². The van der Waals surface area contributed by atoms with Crippen molar-refractivity contribution in [3.05, 3.63) is 0 Å². The maximum atomic E-state index is 11.3. The average Bonchev–Trinajstić information content (AvgIpc) is 2.84. The Bertz CT molecular complexity index is 370. The summed E-state index contributed by atoms with van der Waals surface area (Å²) in [7, 11) is -3.89. The van der Waals surface area contributed by atoms with Crippen LogP contribution < -0.4 is 5.32 Å². The molecule has 1 atom stereocenters. The van der Waals surface area contributed by atoms with Crippen molar-refractivity contribution in [3.8, 4) is 0 Å². The molecule has 0 aromatic rings. The van der Waals surface area contributed by atoms with Gasteiger partial charge >= 0.3 is 5.97 Å². The number of rotatable bonds is 5. The second-order valence-corrected chi connectivity index (χ2v) is 5.95. The average molecular weight is 235 g/mol. The Morgan fingerprint density at radius 2 is 2.00 bits per heavy atom. The van der Waals surface area contributed by atoms with Crippen LogP contribution in [0.1, 0.15) is 19.8 Å². The van der Waals surface area contributed by atoms with E-state index in [2.05, 4.69) is 5.32 Å². The van der Waals surface area contributed by atoms with Crippen molar-refractivity contribution in [1.82, 2.24) is 5.32 Å². The van der Waals surface area contributed by atoms with Crippen LogP contribution in [0.3, 0.4) is 0 Å². The van der Waals surface area contributed by atoms with Gasteiger partial charge in [0.1, 0.15) is 11.0 Å². The van der Waals surface area contributed by atoms with Crippen molar-refractivity contribution in [1.29, 1.82) is 0 Å². The molecule has 0 bridgehead atoms. The number of aliphatic carboxylic acids is 1. The van der Waals surface area contributed by atoms with E-state index in [0.29, 0.717) is 0 Å². The maximum Gasteiger partial charge on any atom is 0.318 e. The highest BCUT2D eigenvalue weighted by Gasteiger charge is 2.33. The first kappa shape index (κ1) is 12.0. The van der Waals surface area contributed by atoms with Crippen LogP contribution in [0.25, 0.3) is 0 Å². The summed E-state index contributed by atoms with van der Waals surface area (Å²) < 4.78 is 22.7. The van der Waals surface area contributed by atoms with Crippen LogP contribution in [0.15, 0.2) is 0 Å². The Morgan fingerprint density at radius 1 is 1.47 bits per heavy atom. The zero-order valence-corrected chi connectivity index (χ0v) is 9.08. The van der Waals surface area contributed by atoms with Gasteiger partial charge in [0.25, 0.3) is 0 Å². The van der Waals surface area contributed by atoms with E-state index in [0.717, 1.165) is 12.8 Å². The lowest BCUT2D eigenvalue weighted by Crippen LogP contribution is -2.41. The van der Waals surface area contributed by atoms with Gasteiger partial charge in [0.15, 0.2) is 9.84 Å². The summed E-state index contributed by atoms with van der Waals surface area (Å²) in [5, 5.41) is 9.59. The highest BCUT2D eigenvalue weighted by atomic mass is 32.2. The van der Waals surface area contributed by atoms with Crippen LogP contribution >= 0.6 is 0 Å². The summed E-state index contributed by atoms with van der Waals surface area (Å²) >= 11 is 0. The fourth-order valence-corrected chi connectivity index (χ4v) is 1.99. The Kier molecular flexibility index (Phi) is 3.33. The van der Waals surface area contributed by atoms with E-state index in [1.165, 1.54) is 6.92 Å². The van der Waals surface area contributed by atoms with Crippen molar-refractivity contribution in [2.75, 3.05) is 5.75 Å². The SMILES string of the molecule is CC(C(=O)NC1CC1)S(=O)(=O)CC(=O)O. The molecule has 7 heteroatoms. The summed E-state index contributed by atoms with van der Waals surface area (Å²) in [5.41, 5.74) is 0. The second kappa shape index (κ2) is 4.18. The van der Waals surface area contributed by atoms with Crippen LogP contribution in [0.5, 0.6) is 0 Å². The molecule has 0 aromatic carbocycles. The number of hydrogen-bond donors (Lipinski definition) is 2. The van der Waals surface area contributed by atoms with Gasteiger partial charge in [-0.05, 0) is 19.8 Å². The first-order valence-corrected chi connectivity index (χ1v) is 6.28. The fraction of sp³-hybridized carbons (Fsp3) is 0.750. The summed E-state index contributed by atoms with van der Waals surface area (Å²) in [4.78, 5) is 21.6. The normalized spacial score (nSPS) is 18.2. The Balaban J connectivity index is 2.60. The predicted octanol–water partition coefficient (Wildman–Crippen LogP) is -0.847. The fourth-order valence-electron chi connectivity index (χ4n) is 1.01. The summed E-state index contributed by atoms with van der Waals surface area (Å²) in [6, 6.07) is 0.0694. The van der Waals surface area contributed by atoms with Crippen LogP contribution in [0.4, 0.5) is 0 Å². The third-order valence-corrected chi connectivity index (χ3v) is 4.10. The van der Waals surface area contributed by atoms with Gasteiger partial charge in [0.05, 0.1) is 0 Å². The van der Waals surface area contributed by atoms with Gasteiger partial charge < -0.3 is 10.4 Å². The first-order valence-electron chi connectivity index (χ1n) is 4.56. The number of hydrogen-bond acceptors (Lipinski definition) is 4. The molecule has 1 rings (SSSR count). The highest BCUT2D eigenvalue weighted by Crippen LogP contribution is 2.19. The van der Waals surface area contributed by atoms with Gasteiger partial charge in [-0.2, -0.15) is 0 Å². The maximum absolute atomic E-state index is 11.3. The summed E-state index contributed by atoms with van der Waals surface area (Å²) in [6.45, 7) is 1.20. The zero-order valence-electron chi connectivity index (χ0n) is 8.26. The third kappa shape index (κ3) is 3.50. The lowest BCUT2D eigenvalue weighted by Gasteiger charge is -2.11. The molecule has 0 heterocycles. The molecular weight excluding hydrogens is 222 g/mol. The molecule has 6 nitrogen and oxygen atoms in total.